The first kappa shape index (κ1) is 23.0. The third-order valence-corrected chi connectivity index (χ3v) is 5.34. The molecule has 2 atom stereocenters. The van der Waals surface area contributed by atoms with E-state index in [1.54, 1.807) is 13.8 Å². The lowest BCUT2D eigenvalue weighted by Crippen LogP contribution is -2.51. The number of hydrogen-bond donors (Lipinski definition) is 2. The van der Waals surface area contributed by atoms with Crippen LogP contribution in [0.2, 0.25) is 0 Å². The normalized spacial score (nSPS) is 13.9. The fraction of sp³-hybridized carbons (Fsp3) is 0.333. The number of aliphatic carboxylic acids is 1. The second kappa shape index (κ2) is 10.1. The Hall–Kier alpha value is -3.68. The number of carbonyl (C=O) groups excluding carboxylic acids is 3. The summed E-state index contributed by atoms with van der Waals surface area (Å²) < 4.78 is 9.85. The first-order valence-electron chi connectivity index (χ1n) is 10.4. The number of rotatable bonds is 9. The Bertz CT molecular complexity index is 987. The zero-order valence-corrected chi connectivity index (χ0v) is 17.9. The van der Waals surface area contributed by atoms with Crippen molar-refractivity contribution in [2.45, 2.75) is 32.2 Å². The smallest absolute Gasteiger partial charge is 0.327 e. The van der Waals surface area contributed by atoms with Crippen LogP contribution in [0.4, 0.5) is 0 Å². The van der Waals surface area contributed by atoms with Crippen molar-refractivity contribution in [2.75, 3.05) is 13.2 Å². The van der Waals surface area contributed by atoms with E-state index in [-0.39, 0.29) is 13.2 Å². The lowest BCUT2D eigenvalue weighted by molar-refractivity contribution is -0.160. The van der Waals surface area contributed by atoms with Crippen molar-refractivity contribution in [3.05, 3.63) is 59.7 Å². The summed E-state index contributed by atoms with van der Waals surface area (Å²) in [7, 11) is 0. The van der Waals surface area contributed by atoms with Gasteiger partial charge in [-0.3, -0.25) is 14.4 Å². The van der Waals surface area contributed by atoms with Crippen molar-refractivity contribution in [1.29, 1.82) is 0 Å². The van der Waals surface area contributed by atoms with E-state index < -0.39 is 48.1 Å². The number of nitrogens with one attached hydrogen (secondary N) is 1. The van der Waals surface area contributed by atoms with Crippen molar-refractivity contribution in [3.63, 3.8) is 0 Å². The molecule has 2 N–H and O–H groups in total. The number of carboxylic acid groups (broad SMARTS) is 1. The summed E-state index contributed by atoms with van der Waals surface area (Å²) in [5.74, 6) is -5.83. The topological polar surface area (TPSA) is 119 Å². The van der Waals surface area contributed by atoms with Gasteiger partial charge < -0.3 is 19.9 Å². The van der Waals surface area contributed by atoms with E-state index >= 15 is 0 Å². The van der Waals surface area contributed by atoms with E-state index in [0.29, 0.717) is 0 Å². The predicted octanol–water partition coefficient (Wildman–Crippen LogP) is 2.50. The van der Waals surface area contributed by atoms with Gasteiger partial charge in [-0.25, -0.2) is 4.79 Å². The van der Waals surface area contributed by atoms with Crippen LogP contribution >= 0.6 is 0 Å². The minimum atomic E-state index is -1.66. The quantitative estimate of drug-likeness (QED) is 0.576. The van der Waals surface area contributed by atoms with Crippen molar-refractivity contribution < 1.29 is 33.8 Å². The number of carboxylic acids is 1. The van der Waals surface area contributed by atoms with Crippen molar-refractivity contribution in [2.24, 2.45) is 5.92 Å². The summed E-state index contributed by atoms with van der Waals surface area (Å²) in [5.41, 5.74) is 3.27. The molecule has 0 saturated heterocycles. The van der Waals surface area contributed by atoms with Crippen molar-refractivity contribution in [3.8, 4) is 11.1 Å². The summed E-state index contributed by atoms with van der Waals surface area (Å²) in [6.07, 6.45) is -0.526. The molecular formula is C24H25NO7. The molecule has 0 bridgehead atoms. The average molecular weight is 439 g/mol. The lowest BCUT2D eigenvalue weighted by atomic mass is 9.92. The molecule has 1 amide bonds. The van der Waals surface area contributed by atoms with Gasteiger partial charge in [0, 0.05) is 0 Å². The Morgan fingerprint density at radius 2 is 1.44 bits per heavy atom. The van der Waals surface area contributed by atoms with Crippen molar-refractivity contribution in [1.82, 2.24) is 5.32 Å². The SMILES string of the molecule is CCOC(=O)C[C@H](C(=O)OCC)[C@H](NC(=O)C1c2ccccc2-c2ccccc21)C(=O)O. The minimum absolute atomic E-state index is 0.00181. The molecule has 168 valence electrons. The highest BCUT2D eigenvalue weighted by Gasteiger charge is 2.41. The summed E-state index contributed by atoms with van der Waals surface area (Å²) in [5, 5.41) is 12.3. The van der Waals surface area contributed by atoms with Gasteiger partial charge in [0.05, 0.1) is 31.5 Å². The van der Waals surface area contributed by atoms with E-state index in [4.69, 9.17) is 9.47 Å². The summed E-state index contributed by atoms with van der Waals surface area (Å²) in [6, 6.07) is 13.1. The van der Waals surface area contributed by atoms with E-state index in [1.165, 1.54) is 0 Å². The van der Waals surface area contributed by atoms with Crippen LogP contribution in [0.25, 0.3) is 11.1 Å². The lowest BCUT2D eigenvalue weighted by Gasteiger charge is -2.24. The number of esters is 2. The molecule has 3 rings (SSSR count). The highest BCUT2D eigenvalue weighted by Crippen LogP contribution is 2.44. The molecule has 2 aromatic rings. The van der Waals surface area contributed by atoms with E-state index in [1.807, 2.05) is 48.5 Å². The molecule has 8 nitrogen and oxygen atoms in total. The zero-order valence-electron chi connectivity index (χ0n) is 17.9. The molecule has 1 aliphatic carbocycles. The van der Waals surface area contributed by atoms with Crippen molar-refractivity contribution >= 4 is 23.8 Å². The average Bonchev–Trinajstić information content (AvgIpc) is 3.11. The van der Waals surface area contributed by atoms with Gasteiger partial charge in [-0.15, -0.1) is 0 Å². The van der Waals surface area contributed by atoms with E-state index in [9.17, 15) is 24.3 Å². The second-order valence-corrected chi connectivity index (χ2v) is 7.30. The van der Waals surface area contributed by atoms with Crippen LogP contribution < -0.4 is 5.32 Å². The first-order chi connectivity index (χ1) is 15.4. The second-order valence-electron chi connectivity index (χ2n) is 7.30. The molecule has 0 heterocycles. The van der Waals surface area contributed by atoms with Gasteiger partial charge in [-0.1, -0.05) is 48.5 Å². The Morgan fingerprint density at radius 3 is 1.94 bits per heavy atom. The van der Waals surface area contributed by atoms with Crippen LogP contribution in [0, 0.1) is 5.92 Å². The van der Waals surface area contributed by atoms with Crippen LogP contribution in [0.3, 0.4) is 0 Å². The molecule has 0 fully saturated rings. The maximum atomic E-state index is 13.3. The van der Waals surface area contributed by atoms with Crippen LogP contribution in [-0.2, 0) is 28.7 Å². The van der Waals surface area contributed by atoms with Gasteiger partial charge in [0.2, 0.25) is 5.91 Å². The van der Waals surface area contributed by atoms with Gasteiger partial charge in [-0.05, 0) is 36.1 Å². The van der Waals surface area contributed by atoms with Gasteiger partial charge in [0.25, 0.3) is 0 Å². The predicted molar refractivity (Wildman–Crippen MR) is 115 cm³/mol. The number of amides is 1. The molecule has 0 aliphatic heterocycles. The van der Waals surface area contributed by atoms with Gasteiger partial charge in [0.15, 0.2) is 0 Å². The number of fused-ring (bicyclic) bond motifs is 3. The maximum Gasteiger partial charge on any atom is 0.327 e. The van der Waals surface area contributed by atoms with E-state index in [2.05, 4.69) is 5.32 Å². The minimum Gasteiger partial charge on any atom is -0.480 e. The Morgan fingerprint density at radius 1 is 0.906 bits per heavy atom. The third-order valence-electron chi connectivity index (χ3n) is 5.34. The largest absolute Gasteiger partial charge is 0.480 e. The first-order valence-corrected chi connectivity index (χ1v) is 10.4. The van der Waals surface area contributed by atoms with Crippen LogP contribution in [0.15, 0.2) is 48.5 Å². The molecular weight excluding hydrogens is 414 g/mol. The van der Waals surface area contributed by atoms with Crippen LogP contribution in [0.1, 0.15) is 37.3 Å². The molecule has 0 radical (unpaired) electrons. The highest BCUT2D eigenvalue weighted by molar-refractivity contribution is 5.98. The number of hydrogen-bond acceptors (Lipinski definition) is 6. The van der Waals surface area contributed by atoms with Gasteiger partial charge >= 0.3 is 17.9 Å². The Kier molecular flexibility index (Phi) is 7.25. The van der Waals surface area contributed by atoms with Crippen LogP contribution in [-0.4, -0.2) is 48.2 Å². The Balaban J connectivity index is 1.92. The van der Waals surface area contributed by atoms with E-state index in [0.717, 1.165) is 22.3 Å². The molecule has 2 aromatic carbocycles. The molecule has 0 unspecified atom stereocenters. The monoisotopic (exact) mass is 439 g/mol. The number of ether oxygens (including phenoxy) is 2. The summed E-state index contributed by atoms with van der Waals surface area (Å²) in [4.78, 5) is 49.9. The molecule has 0 saturated carbocycles. The fourth-order valence-corrected chi connectivity index (χ4v) is 4.00. The summed E-state index contributed by atoms with van der Waals surface area (Å²) >= 11 is 0. The molecule has 0 aromatic heterocycles. The highest BCUT2D eigenvalue weighted by atomic mass is 16.5. The Labute approximate surface area is 185 Å². The maximum absolute atomic E-state index is 13.3. The fourth-order valence-electron chi connectivity index (χ4n) is 4.00. The zero-order chi connectivity index (χ0) is 23.3. The molecule has 0 spiro atoms. The molecule has 1 aliphatic rings. The van der Waals surface area contributed by atoms with Crippen LogP contribution in [0.5, 0.6) is 0 Å². The standard InChI is InChI=1S/C24H25NO7/c1-3-31-19(26)13-18(24(30)32-4-2)21(23(28)29)25-22(27)20-16-11-7-5-9-14(16)15-10-6-8-12-17(15)20/h5-12,18,20-21H,3-4,13H2,1-2H3,(H,25,27)(H,28,29)/t18-,21-/m0/s1. The third kappa shape index (κ3) is 4.64. The number of carbonyl (C=O) groups is 4. The molecule has 8 heteroatoms. The number of benzene rings is 2. The molecule has 32 heavy (non-hydrogen) atoms. The van der Waals surface area contributed by atoms with Gasteiger partial charge in [-0.2, -0.15) is 0 Å². The summed E-state index contributed by atoms with van der Waals surface area (Å²) in [6.45, 7) is 3.25. The van der Waals surface area contributed by atoms with Gasteiger partial charge in [0.1, 0.15) is 6.04 Å².